The van der Waals surface area contributed by atoms with Gasteiger partial charge in [0.25, 0.3) is 0 Å². The maximum atomic E-state index is 13.0. The van der Waals surface area contributed by atoms with Crippen LogP contribution in [0.1, 0.15) is 16.7 Å². The van der Waals surface area contributed by atoms with Gasteiger partial charge in [0.1, 0.15) is 0 Å². The van der Waals surface area contributed by atoms with Gasteiger partial charge in [-0.1, -0.05) is 42.5 Å². The molecule has 0 bridgehead atoms. The normalized spacial score (nSPS) is 17.2. The van der Waals surface area contributed by atoms with Gasteiger partial charge in [-0.3, -0.25) is 0 Å². The molecule has 0 spiro atoms. The van der Waals surface area contributed by atoms with E-state index in [1.165, 1.54) is 14.0 Å². The number of benzene rings is 2. The summed E-state index contributed by atoms with van der Waals surface area (Å²) in [5.41, 5.74) is 2.35. The number of sulfonamides is 2. The van der Waals surface area contributed by atoms with Crippen LogP contribution < -0.4 is 0 Å². The molecule has 1 aliphatic heterocycles. The molecule has 0 aliphatic carbocycles. The first kappa shape index (κ1) is 20.7. The molecule has 150 valence electrons. The van der Waals surface area contributed by atoms with Crippen LogP contribution in [0.5, 0.6) is 0 Å². The fraction of sp³-hybridized carbons (Fsp3) is 0.300. The fourth-order valence-corrected chi connectivity index (χ4v) is 6.01. The Bertz CT molecular complexity index is 1070. The average Bonchev–Trinajstić information content (AvgIpc) is 2.69. The summed E-state index contributed by atoms with van der Waals surface area (Å²) in [6, 6.07) is 14.5. The van der Waals surface area contributed by atoms with Crippen molar-refractivity contribution in [2.24, 2.45) is 0 Å². The lowest BCUT2D eigenvalue weighted by Crippen LogP contribution is -2.50. The predicted octanol–water partition coefficient (Wildman–Crippen LogP) is 2.61. The van der Waals surface area contributed by atoms with Crippen molar-refractivity contribution in [3.63, 3.8) is 0 Å². The van der Waals surface area contributed by atoms with Gasteiger partial charge in [0, 0.05) is 31.6 Å². The van der Waals surface area contributed by atoms with Crippen LogP contribution in [0.3, 0.4) is 0 Å². The summed E-state index contributed by atoms with van der Waals surface area (Å²) < 4.78 is 53.7. The minimum atomic E-state index is -3.65. The van der Waals surface area contributed by atoms with Crippen molar-refractivity contribution in [2.45, 2.75) is 18.7 Å². The minimum Gasteiger partial charge on any atom is -0.208 e. The topological polar surface area (TPSA) is 74.8 Å². The van der Waals surface area contributed by atoms with Crippen LogP contribution in [0.2, 0.25) is 0 Å². The second kappa shape index (κ2) is 8.16. The quantitative estimate of drug-likeness (QED) is 0.745. The first-order valence-electron chi connectivity index (χ1n) is 9.01. The molecule has 0 amide bonds. The van der Waals surface area contributed by atoms with Gasteiger partial charge >= 0.3 is 0 Å². The highest BCUT2D eigenvalue weighted by Crippen LogP contribution is 2.23. The zero-order chi connectivity index (χ0) is 20.4. The van der Waals surface area contributed by atoms with Crippen molar-refractivity contribution in [1.82, 2.24) is 8.61 Å². The van der Waals surface area contributed by atoms with Gasteiger partial charge in [-0.05, 0) is 42.7 Å². The van der Waals surface area contributed by atoms with E-state index in [0.717, 1.165) is 11.1 Å². The smallest absolute Gasteiger partial charge is 0.208 e. The Morgan fingerprint density at radius 1 is 0.821 bits per heavy atom. The largest absolute Gasteiger partial charge is 0.243 e. The van der Waals surface area contributed by atoms with E-state index in [4.69, 9.17) is 0 Å². The monoisotopic (exact) mass is 420 g/mol. The summed E-state index contributed by atoms with van der Waals surface area (Å²) in [6.45, 7) is 4.14. The van der Waals surface area contributed by atoms with Crippen LogP contribution in [0.15, 0.2) is 58.8 Å². The number of aryl methyl sites for hydroxylation is 2. The van der Waals surface area contributed by atoms with Crippen molar-refractivity contribution >= 4 is 26.1 Å². The van der Waals surface area contributed by atoms with Crippen LogP contribution in [-0.4, -0.2) is 51.6 Å². The first-order chi connectivity index (χ1) is 13.2. The summed E-state index contributed by atoms with van der Waals surface area (Å²) in [5, 5.41) is 1.18. The highest BCUT2D eigenvalue weighted by atomic mass is 32.2. The third-order valence-corrected chi connectivity index (χ3v) is 8.36. The van der Waals surface area contributed by atoms with Gasteiger partial charge in [-0.2, -0.15) is 8.61 Å². The van der Waals surface area contributed by atoms with Gasteiger partial charge < -0.3 is 0 Å². The maximum Gasteiger partial charge on any atom is 0.243 e. The molecule has 0 aromatic heterocycles. The lowest BCUT2D eigenvalue weighted by molar-refractivity contribution is 0.275. The zero-order valence-corrected chi connectivity index (χ0v) is 17.6. The van der Waals surface area contributed by atoms with Crippen LogP contribution in [0, 0.1) is 13.8 Å². The Labute approximate surface area is 167 Å². The summed E-state index contributed by atoms with van der Waals surface area (Å²) in [5.74, 6) is 0. The average molecular weight is 421 g/mol. The fourth-order valence-electron chi connectivity index (χ4n) is 3.10. The summed E-state index contributed by atoms with van der Waals surface area (Å²) in [7, 11) is -7.24. The van der Waals surface area contributed by atoms with Crippen LogP contribution in [-0.2, 0) is 20.0 Å². The molecule has 8 heteroatoms. The molecule has 6 nitrogen and oxygen atoms in total. The predicted molar refractivity (Wildman–Crippen MR) is 111 cm³/mol. The van der Waals surface area contributed by atoms with E-state index in [-0.39, 0.29) is 31.1 Å². The molecule has 2 aromatic carbocycles. The highest BCUT2D eigenvalue weighted by molar-refractivity contribution is 7.92. The number of hydrogen-bond donors (Lipinski definition) is 0. The summed E-state index contributed by atoms with van der Waals surface area (Å²) >= 11 is 0. The van der Waals surface area contributed by atoms with E-state index < -0.39 is 20.0 Å². The van der Waals surface area contributed by atoms with Crippen molar-refractivity contribution in [3.8, 4) is 0 Å². The van der Waals surface area contributed by atoms with Crippen molar-refractivity contribution in [2.75, 3.05) is 26.2 Å². The molecule has 28 heavy (non-hydrogen) atoms. The highest BCUT2D eigenvalue weighted by Gasteiger charge is 2.32. The Morgan fingerprint density at radius 2 is 1.43 bits per heavy atom. The second-order valence-corrected chi connectivity index (χ2v) is 10.6. The molecule has 1 fully saturated rings. The maximum absolute atomic E-state index is 13.0. The van der Waals surface area contributed by atoms with Gasteiger partial charge in [-0.25, -0.2) is 16.8 Å². The van der Waals surface area contributed by atoms with Gasteiger partial charge in [0.15, 0.2) is 0 Å². The SMILES string of the molecule is Cc1ccc(C)c(S(=O)(=O)N2CCN(S(=O)(=O)/C=C/c3ccccc3)CC2)c1. The third kappa shape index (κ3) is 4.52. The van der Waals surface area contributed by atoms with E-state index in [1.54, 1.807) is 25.1 Å². The Balaban J connectivity index is 1.71. The lowest BCUT2D eigenvalue weighted by Gasteiger charge is -2.32. The molecule has 0 atom stereocenters. The van der Waals surface area contributed by atoms with Crippen LogP contribution in [0.4, 0.5) is 0 Å². The lowest BCUT2D eigenvalue weighted by atomic mass is 10.2. The molecule has 1 aliphatic rings. The number of piperazine rings is 1. The molecule has 3 rings (SSSR count). The molecule has 2 aromatic rings. The minimum absolute atomic E-state index is 0.131. The third-order valence-electron chi connectivity index (χ3n) is 4.75. The Morgan fingerprint density at radius 3 is 2.07 bits per heavy atom. The molecule has 0 unspecified atom stereocenters. The molecule has 0 N–H and O–H groups in total. The van der Waals surface area contributed by atoms with Crippen molar-refractivity contribution in [3.05, 3.63) is 70.6 Å². The Kier molecular flexibility index (Phi) is 6.04. The van der Waals surface area contributed by atoms with Gasteiger partial charge in [-0.15, -0.1) is 0 Å². The van der Waals surface area contributed by atoms with Crippen molar-refractivity contribution < 1.29 is 16.8 Å². The second-order valence-electron chi connectivity index (χ2n) is 6.83. The zero-order valence-electron chi connectivity index (χ0n) is 15.9. The first-order valence-corrected chi connectivity index (χ1v) is 12.0. The molecule has 0 radical (unpaired) electrons. The van der Waals surface area contributed by atoms with E-state index in [1.807, 2.05) is 43.3 Å². The van der Waals surface area contributed by atoms with E-state index in [9.17, 15) is 16.8 Å². The number of nitrogens with zero attached hydrogens (tertiary/aromatic N) is 2. The molecular formula is C20H24N2O4S2. The van der Waals surface area contributed by atoms with Gasteiger partial charge in [0.2, 0.25) is 20.0 Å². The van der Waals surface area contributed by atoms with Crippen LogP contribution in [0.25, 0.3) is 6.08 Å². The molecule has 1 saturated heterocycles. The Hall–Kier alpha value is -2.00. The van der Waals surface area contributed by atoms with E-state index in [0.29, 0.717) is 5.56 Å². The summed E-state index contributed by atoms with van der Waals surface area (Å²) in [4.78, 5) is 0.285. The number of rotatable bonds is 5. The summed E-state index contributed by atoms with van der Waals surface area (Å²) in [6.07, 6.45) is 1.55. The molecule has 0 saturated carbocycles. The van der Waals surface area contributed by atoms with E-state index >= 15 is 0 Å². The van der Waals surface area contributed by atoms with E-state index in [2.05, 4.69) is 0 Å². The molecule has 1 heterocycles. The van der Waals surface area contributed by atoms with Gasteiger partial charge in [0.05, 0.1) is 4.90 Å². The standard InChI is InChI=1S/C20H24N2O4S2/c1-17-8-9-18(2)20(16-17)28(25,26)22-13-11-21(12-14-22)27(23,24)15-10-19-6-4-3-5-7-19/h3-10,15-16H,11-14H2,1-2H3/b15-10+. The molecular weight excluding hydrogens is 396 g/mol. The van der Waals surface area contributed by atoms with Crippen LogP contribution >= 0.6 is 0 Å². The number of hydrogen-bond acceptors (Lipinski definition) is 4. The van der Waals surface area contributed by atoms with Crippen molar-refractivity contribution in [1.29, 1.82) is 0 Å².